The maximum Gasteiger partial charge on any atom is 1.00 e. The third kappa shape index (κ3) is 58.3. The molecule has 0 aliphatic rings. The number of hydrogen-bond acceptors (Lipinski definition) is 0. The second kappa shape index (κ2) is 3.32. The van der Waals surface area contributed by atoms with Crippen molar-refractivity contribution in [2.45, 2.75) is 19.6 Å². The SMILES string of the molecule is C[Si](C)(C)Br.[H-].[Li+]. The fourth-order valence-corrected chi connectivity index (χ4v) is 0. The predicted octanol–water partition coefficient (Wildman–Crippen LogP) is -0.667. The van der Waals surface area contributed by atoms with Gasteiger partial charge in [0.05, 0.1) is 0 Å². The molecule has 0 saturated carbocycles. The van der Waals surface area contributed by atoms with E-state index in [1.54, 1.807) is 0 Å². The van der Waals surface area contributed by atoms with Gasteiger partial charge >= 0.3 is 18.9 Å². The molecule has 0 amide bonds. The van der Waals surface area contributed by atoms with Crippen LogP contribution in [0, 0.1) is 0 Å². The van der Waals surface area contributed by atoms with E-state index in [4.69, 9.17) is 0 Å². The van der Waals surface area contributed by atoms with Gasteiger partial charge in [0.2, 0.25) is 0 Å². The standard InChI is InChI=1S/C3H9BrSi.Li.H/c1-5(2,3)4;;/h1-3H3;;/q;+1;-1. The number of rotatable bonds is 0. The molecule has 0 aromatic carbocycles. The third-order valence-corrected chi connectivity index (χ3v) is 0. The van der Waals surface area contributed by atoms with Gasteiger partial charge in [-0.15, -0.1) is 15.3 Å². The van der Waals surface area contributed by atoms with E-state index in [0.717, 1.165) is 0 Å². The molecule has 0 aromatic rings. The second-order valence-corrected chi connectivity index (χ2v) is 13.3. The zero-order valence-electron chi connectivity index (χ0n) is 5.88. The van der Waals surface area contributed by atoms with Gasteiger partial charge in [0, 0.05) is 0 Å². The van der Waals surface area contributed by atoms with E-state index in [1.165, 1.54) is 0 Å². The van der Waals surface area contributed by atoms with Crippen LogP contribution in [0.1, 0.15) is 1.43 Å². The van der Waals surface area contributed by atoms with Crippen LogP contribution in [-0.2, 0) is 0 Å². The monoisotopic (exact) mass is 160 g/mol. The van der Waals surface area contributed by atoms with E-state index in [0.29, 0.717) is 0 Å². The molecule has 0 atom stereocenters. The molecule has 0 heterocycles. The summed E-state index contributed by atoms with van der Waals surface area (Å²) >= 11 is 3.51. The minimum absolute atomic E-state index is 0. The molecule has 0 aliphatic carbocycles. The van der Waals surface area contributed by atoms with Gasteiger partial charge in [0.1, 0.15) is 6.69 Å². The first-order valence-electron chi connectivity index (χ1n) is 1.69. The Morgan fingerprint density at radius 1 is 1.33 bits per heavy atom. The van der Waals surface area contributed by atoms with Gasteiger partial charge in [-0.25, -0.2) is 0 Å². The van der Waals surface area contributed by atoms with Gasteiger partial charge in [-0.3, -0.25) is 0 Å². The summed E-state index contributed by atoms with van der Waals surface area (Å²) in [6.07, 6.45) is 0. The molecule has 0 aromatic heterocycles. The fourth-order valence-electron chi connectivity index (χ4n) is 0. The molecular formula is C3H10BrLiSi. The molecule has 0 spiro atoms. The molecule has 0 nitrogen and oxygen atoms in total. The summed E-state index contributed by atoms with van der Waals surface area (Å²) in [5.74, 6) is 0. The summed E-state index contributed by atoms with van der Waals surface area (Å²) in [5.41, 5.74) is 0. The molecule has 6 heavy (non-hydrogen) atoms. The summed E-state index contributed by atoms with van der Waals surface area (Å²) in [6, 6.07) is 0. The van der Waals surface area contributed by atoms with Crippen LogP contribution < -0.4 is 18.9 Å². The van der Waals surface area contributed by atoms with Crippen molar-refractivity contribution in [3.05, 3.63) is 0 Å². The van der Waals surface area contributed by atoms with Gasteiger partial charge < -0.3 is 1.43 Å². The molecule has 3 heteroatoms. The molecule has 0 unspecified atom stereocenters. The average Bonchev–Trinajstić information content (AvgIpc) is 0.722. The van der Waals surface area contributed by atoms with Crippen molar-refractivity contribution in [2.24, 2.45) is 0 Å². The van der Waals surface area contributed by atoms with Crippen molar-refractivity contribution in [1.82, 2.24) is 0 Å². The van der Waals surface area contributed by atoms with Gasteiger partial charge in [-0.05, 0) is 0 Å². The van der Waals surface area contributed by atoms with Crippen LogP contribution in [0.2, 0.25) is 19.6 Å². The van der Waals surface area contributed by atoms with Crippen molar-refractivity contribution in [2.75, 3.05) is 0 Å². The maximum absolute atomic E-state index is 3.51. The molecule has 0 aliphatic heterocycles. The Hall–Kier alpha value is 1.29. The Labute approximate surface area is 61.9 Å². The Bertz CT molecular complexity index is 30.4. The molecule has 0 bridgehead atoms. The summed E-state index contributed by atoms with van der Waals surface area (Å²) in [6.45, 7) is 5.93. The zero-order valence-corrected chi connectivity index (χ0v) is 7.46. The van der Waals surface area contributed by atoms with Crippen LogP contribution in [-0.4, -0.2) is 6.69 Å². The maximum atomic E-state index is 3.51. The fraction of sp³-hybridized carbons (Fsp3) is 1.00. The Morgan fingerprint density at radius 2 is 1.33 bits per heavy atom. The Kier molecular flexibility index (Phi) is 5.70. The first-order chi connectivity index (χ1) is 2.00. The molecular weight excluding hydrogens is 151 g/mol. The normalized spacial score (nSPS) is 10.0. The molecule has 0 saturated heterocycles. The van der Waals surface area contributed by atoms with Crippen LogP contribution in [0.5, 0.6) is 0 Å². The van der Waals surface area contributed by atoms with Gasteiger partial charge in [0.15, 0.2) is 0 Å². The third-order valence-electron chi connectivity index (χ3n) is 0. The van der Waals surface area contributed by atoms with E-state index in [9.17, 15) is 0 Å². The number of hydrogen-bond donors (Lipinski definition) is 0. The smallest absolute Gasteiger partial charge is 1.00 e. The van der Waals surface area contributed by atoms with Crippen LogP contribution in [0.3, 0.4) is 0 Å². The first-order valence-corrected chi connectivity index (χ1v) is 7.45. The van der Waals surface area contributed by atoms with Gasteiger partial charge in [-0.2, -0.15) is 0 Å². The van der Waals surface area contributed by atoms with Crippen LogP contribution in [0.25, 0.3) is 0 Å². The Balaban J connectivity index is -0.0000000800. The quantitative estimate of drug-likeness (QED) is 0.326. The summed E-state index contributed by atoms with van der Waals surface area (Å²) in [5, 5.41) is 0. The second-order valence-electron chi connectivity index (χ2n) is 2.07. The van der Waals surface area contributed by atoms with Gasteiger partial charge in [-0.1, -0.05) is 19.6 Å². The van der Waals surface area contributed by atoms with Crippen molar-refractivity contribution in [1.29, 1.82) is 0 Å². The molecule has 0 radical (unpaired) electrons. The minimum Gasteiger partial charge on any atom is -1.00 e. The van der Waals surface area contributed by atoms with E-state index < -0.39 is 6.69 Å². The van der Waals surface area contributed by atoms with E-state index in [-0.39, 0.29) is 20.3 Å². The zero-order chi connectivity index (χ0) is 4.50. The summed E-state index contributed by atoms with van der Waals surface area (Å²) < 4.78 is 0. The minimum atomic E-state index is -0.799. The summed E-state index contributed by atoms with van der Waals surface area (Å²) in [7, 11) is 0. The number of halogens is 1. The molecule has 0 N–H and O–H groups in total. The molecule has 0 rings (SSSR count). The van der Waals surface area contributed by atoms with Crippen molar-refractivity contribution < 1.29 is 20.3 Å². The average molecular weight is 161 g/mol. The molecule has 0 fully saturated rings. The topological polar surface area (TPSA) is 0 Å². The van der Waals surface area contributed by atoms with E-state index >= 15 is 0 Å². The first kappa shape index (κ1) is 10.3. The van der Waals surface area contributed by atoms with Crippen molar-refractivity contribution in [3.63, 3.8) is 0 Å². The molecule has 34 valence electrons. The Morgan fingerprint density at radius 3 is 1.33 bits per heavy atom. The van der Waals surface area contributed by atoms with Gasteiger partial charge in [0.25, 0.3) is 0 Å². The van der Waals surface area contributed by atoms with Crippen LogP contribution in [0.4, 0.5) is 0 Å². The van der Waals surface area contributed by atoms with E-state index in [1.807, 2.05) is 0 Å². The van der Waals surface area contributed by atoms with E-state index in [2.05, 4.69) is 34.9 Å². The van der Waals surface area contributed by atoms with Crippen LogP contribution in [0.15, 0.2) is 0 Å². The summed E-state index contributed by atoms with van der Waals surface area (Å²) in [4.78, 5) is 0. The predicted molar refractivity (Wildman–Crippen MR) is 33.4 cm³/mol. The van der Waals surface area contributed by atoms with Crippen molar-refractivity contribution >= 4 is 22.0 Å². The van der Waals surface area contributed by atoms with Crippen molar-refractivity contribution in [3.8, 4) is 0 Å². The largest absolute Gasteiger partial charge is 1.00 e. The van der Waals surface area contributed by atoms with Crippen LogP contribution >= 0.6 is 15.3 Å².